The van der Waals surface area contributed by atoms with Crippen molar-refractivity contribution < 1.29 is 33.2 Å². The molecular weight excluding hydrogens is 592 g/mol. The highest BCUT2D eigenvalue weighted by molar-refractivity contribution is 6.31. The van der Waals surface area contributed by atoms with E-state index in [1.807, 2.05) is 18.2 Å². The van der Waals surface area contributed by atoms with Crippen LogP contribution in [-0.4, -0.2) is 70.7 Å². The minimum Gasteiger partial charge on any atom is -0.486 e. The number of hydrogen-bond acceptors (Lipinski definition) is 7. The molecule has 0 unspecified atom stereocenters. The lowest BCUT2D eigenvalue weighted by molar-refractivity contribution is -0.268. The molecule has 2 heterocycles. The van der Waals surface area contributed by atoms with Crippen LogP contribution in [0, 0.1) is 0 Å². The van der Waals surface area contributed by atoms with Crippen molar-refractivity contribution in [2.75, 3.05) is 46.2 Å². The van der Waals surface area contributed by atoms with Crippen LogP contribution in [0.1, 0.15) is 102 Å². The van der Waals surface area contributed by atoms with Crippen LogP contribution in [0.3, 0.4) is 0 Å². The summed E-state index contributed by atoms with van der Waals surface area (Å²) in [6, 6.07) is 12.3. The van der Waals surface area contributed by atoms with E-state index in [9.17, 15) is 0 Å². The first-order valence-electron chi connectivity index (χ1n) is 17.3. The van der Waals surface area contributed by atoms with Crippen LogP contribution < -0.4 is 9.47 Å². The first kappa shape index (κ1) is 36.0. The molecule has 5 atom stereocenters. The molecule has 0 N–H and O–H groups in total. The van der Waals surface area contributed by atoms with Crippen LogP contribution in [0.5, 0.6) is 11.5 Å². The van der Waals surface area contributed by atoms with Gasteiger partial charge in [0.05, 0.1) is 6.61 Å². The summed E-state index contributed by atoms with van der Waals surface area (Å²) < 4.78 is 44.6. The number of hydrogen-bond donors (Lipinski definition) is 0. The SMILES string of the molecule is CCCCOC[C@H]1O[C@@H](c2ccc(Cl)c(Cc3ccc4c(c3)OCCO4)c2)[C@H](OCCCC)[C@@H](OCCCC)[C@@H]1OCCCC. The molecule has 8 heteroatoms. The Labute approximate surface area is 276 Å². The topological polar surface area (TPSA) is 64.6 Å². The van der Waals surface area contributed by atoms with E-state index in [2.05, 4.69) is 45.9 Å². The molecule has 0 radical (unpaired) electrons. The highest BCUT2D eigenvalue weighted by Crippen LogP contribution is 2.39. The van der Waals surface area contributed by atoms with E-state index >= 15 is 0 Å². The fourth-order valence-corrected chi connectivity index (χ4v) is 5.94. The molecule has 7 nitrogen and oxygen atoms in total. The molecule has 0 bridgehead atoms. The standard InChI is InChI=1S/C37H55ClO7/c1-5-9-17-39-26-33-35(42-18-10-6-2)37(44-20-12-8-4)36(43-19-11-7-3)34(45-33)28-14-15-30(38)29(25-28)23-27-13-16-31-32(24-27)41-22-21-40-31/h13-16,24-25,33-37H,5-12,17-23,26H2,1-4H3/t33-,34+,35-,36+,37+/m1/s1. The van der Waals surface area contributed by atoms with Crippen LogP contribution in [0.4, 0.5) is 0 Å². The third-order valence-corrected chi connectivity index (χ3v) is 8.75. The van der Waals surface area contributed by atoms with Gasteiger partial charge in [-0.1, -0.05) is 83.2 Å². The van der Waals surface area contributed by atoms with E-state index in [4.69, 9.17) is 44.8 Å². The van der Waals surface area contributed by atoms with E-state index < -0.39 is 0 Å². The molecule has 2 aromatic carbocycles. The van der Waals surface area contributed by atoms with Crippen molar-refractivity contribution in [2.24, 2.45) is 0 Å². The molecule has 2 aliphatic heterocycles. The Bertz CT molecular complexity index is 1130. The molecule has 0 aromatic heterocycles. The normalized spacial score (nSPS) is 22.9. The highest BCUT2D eigenvalue weighted by atomic mass is 35.5. The van der Waals surface area contributed by atoms with Gasteiger partial charge in [0, 0.05) is 31.5 Å². The molecule has 1 fully saturated rings. The maximum atomic E-state index is 6.96. The predicted octanol–water partition coefficient (Wildman–Crippen LogP) is 8.51. The maximum absolute atomic E-state index is 6.96. The predicted molar refractivity (Wildman–Crippen MR) is 179 cm³/mol. The van der Waals surface area contributed by atoms with Crippen LogP contribution in [0.25, 0.3) is 0 Å². The van der Waals surface area contributed by atoms with Gasteiger partial charge in [-0.05, 0) is 67.0 Å². The van der Waals surface area contributed by atoms with Crippen LogP contribution in [0.15, 0.2) is 36.4 Å². The number of ether oxygens (including phenoxy) is 7. The minimum absolute atomic E-state index is 0.289. The Morgan fingerprint density at radius 1 is 0.689 bits per heavy atom. The van der Waals surface area contributed by atoms with Gasteiger partial charge in [0.2, 0.25) is 0 Å². The van der Waals surface area contributed by atoms with Gasteiger partial charge < -0.3 is 33.2 Å². The van der Waals surface area contributed by atoms with Gasteiger partial charge in [0.25, 0.3) is 0 Å². The monoisotopic (exact) mass is 646 g/mol. The van der Waals surface area contributed by atoms with E-state index in [1.165, 1.54) is 0 Å². The van der Waals surface area contributed by atoms with E-state index in [0.717, 1.165) is 79.6 Å². The van der Waals surface area contributed by atoms with Crippen molar-refractivity contribution in [1.29, 1.82) is 0 Å². The Morgan fingerprint density at radius 2 is 1.31 bits per heavy atom. The van der Waals surface area contributed by atoms with Crippen molar-refractivity contribution in [1.82, 2.24) is 0 Å². The summed E-state index contributed by atoms with van der Waals surface area (Å²) in [6.45, 7) is 12.9. The van der Waals surface area contributed by atoms with Gasteiger partial charge in [-0.3, -0.25) is 0 Å². The molecule has 0 saturated carbocycles. The number of benzene rings is 2. The molecule has 2 aromatic rings. The summed E-state index contributed by atoms with van der Waals surface area (Å²) in [6.07, 6.45) is 7.25. The van der Waals surface area contributed by atoms with Gasteiger partial charge in [-0.2, -0.15) is 0 Å². The van der Waals surface area contributed by atoms with Gasteiger partial charge in [-0.15, -0.1) is 0 Å². The Morgan fingerprint density at radius 3 is 2.00 bits per heavy atom. The van der Waals surface area contributed by atoms with Gasteiger partial charge in [0.1, 0.15) is 43.7 Å². The van der Waals surface area contributed by atoms with Gasteiger partial charge in [0.15, 0.2) is 11.5 Å². The zero-order chi connectivity index (χ0) is 31.9. The molecule has 0 amide bonds. The molecule has 1 saturated heterocycles. The summed E-state index contributed by atoms with van der Waals surface area (Å²) in [5.74, 6) is 1.56. The van der Waals surface area contributed by atoms with Crippen LogP contribution >= 0.6 is 11.6 Å². The fourth-order valence-electron chi connectivity index (χ4n) is 5.75. The number of rotatable bonds is 20. The second-order valence-corrected chi connectivity index (χ2v) is 12.5. The Hall–Kier alpha value is -1.87. The van der Waals surface area contributed by atoms with Crippen LogP contribution in [0.2, 0.25) is 5.02 Å². The zero-order valence-corrected chi connectivity index (χ0v) is 28.7. The third kappa shape index (κ3) is 10.6. The molecule has 0 aliphatic carbocycles. The van der Waals surface area contributed by atoms with Gasteiger partial charge in [-0.25, -0.2) is 0 Å². The second kappa shape index (κ2) is 19.7. The lowest BCUT2D eigenvalue weighted by Gasteiger charge is -2.46. The lowest BCUT2D eigenvalue weighted by Crippen LogP contribution is -2.58. The first-order valence-corrected chi connectivity index (χ1v) is 17.7. The molecule has 45 heavy (non-hydrogen) atoms. The first-order chi connectivity index (χ1) is 22.1. The van der Waals surface area contributed by atoms with Crippen molar-refractivity contribution in [3.05, 3.63) is 58.1 Å². The highest BCUT2D eigenvalue weighted by Gasteiger charge is 2.48. The molecular formula is C37H55ClO7. The average Bonchev–Trinajstić information content (AvgIpc) is 3.05. The summed E-state index contributed by atoms with van der Waals surface area (Å²) in [4.78, 5) is 0. The third-order valence-electron chi connectivity index (χ3n) is 8.38. The Kier molecular flexibility index (Phi) is 15.8. The molecule has 0 spiro atoms. The second-order valence-electron chi connectivity index (χ2n) is 12.1. The van der Waals surface area contributed by atoms with E-state index in [0.29, 0.717) is 57.7 Å². The quantitative estimate of drug-likeness (QED) is 0.134. The number of fused-ring (bicyclic) bond motifs is 1. The zero-order valence-electron chi connectivity index (χ0n) is 27.9. The van der Waals surface area contributed by atoms with Crippen LogP contribution in [-0.2, 0) is 30.1 Å². The summed E-state index contributed by atoms with van der Waals surface area (Å²) in [5, 5.41) is 0.712. The average molecular weight is 647 g/mol. The summed E-state index contributed by atoms with van der Waals surface area (Å²) >= 11 is 6.81. The number of unbranched alkanes of at least 4 members (excludes halogenated alkanes) is 4. The van der Waals surface area contributed by atoms with Crippen molar-refractivity contribution in [2.45, 2.75) is 116 Å². The number of halogens is 1. The van der Waals surface area contributed by atoms with Crippen molar-refractivity contribution in [3.8, 4) is 11.5 Å². The van der Waals surface area contributed by atoms with Gasteiger partial charge >= 0.3 is 0 Å². The fraction of sp³-hybridized carbons (Fsp3) is 0.676. The summed E-state index contributed by atoms with van der Waals surface area (Å²) in [5.41, 5.74) is 3.14. The van der Waals surface area contributed by atoms with Crippen molar-refractivity contribution in [3.63, 3.8) is 0 Å². The molecule has 4 rings (SSSR count). The smallest absolute Gasteiger partial charge is 0.161 e. The van der Waals surface area contributed by atoms with E-state index in [1.54, 1.807) is 0 Å². The maximum Gasteiger partial charge on any atom is 0.161 e. The lowest BCUT2D eigenvalue weighted by atomic mass is 9.89. The molecule has 252 valence electrons. The van der Waals surface area contributed by atoms with Crippen molar-refractivity contribution >= 4 is 11.6 Å². The largest absolute Gasteiger partial charge is 0.486 e. The molecule has 2 aliphatic rings. The Balaban J connectivity index is 1.66. The minimum atomic E-state index is -0.365. The summed E-state index contributed by atoms with van der Waals surface area (Å²) in [7, 11) is 0. The van der Waals surface area contributed by atoms with E-state index in [-0.39, 0.29) is 30.5 Å².